The Kier molecular flexibility index (Phi) is 5.33. The average Bonchev–Trinajstić information content (AvgIpc) is 3.51. The van der Waals surface area contributed by atoms with Crippen LogP contribution in [0.1, 0.15) is 33.6 Å². The fraction of sp³-hybridized carbons (Fsp3) is 0.773. The van der Waals surface area contributed by atoms with Crippen molar-refractivity contribution in [3.8, 4) is 0 Å². The van der Waals surface area contributed by atoms with E-state index in [4.69, 9.17) is 37.9 Å². The van der Waals surface area contributed by atoms with Gasteiger partial charge in [0, 0.05) is 18.4 Å². The van der Waals surface area contributed by atoms with E-state index in [0.717, 1.165) is 0 Å². The summed E-state index contributed by atoms with van der Waals surface area (Å²) in [5, 5.41) is 0. The van der Waals surface area contributed by atoms with Crippen molar-refractivity contribution in [3.63, 3.8) is 0 Å². The van der Waals surface area contributed by atoms with Gasteiger partial charge < -0.3 is 37.9 Å². The van der Waals surface area contributed by atoms with E-state index in [1.807, 2.05) is 0 Å². The number of ether oxygens (including phenoxy) is 8. The number of rotatable bonds is 5. The largest absolute Gasteiger partial charge is 0.465 e. The molecule has 8 atom stereocenters. The summed E-state index contributed by atoms with van der Waals surface area (Å²) in [6, 6.07) is 0. The summed E-state index contributed by atoms with van der Waals surface area (Å²) in [4.78, 5) is 36.7. The van der Waals surface area contributed by atoms with Gasteiger partial charge >= 0.3 is 17.9 Å². The van der Waals surface area contributed by atoms with E-state index in [2.05, 4.69) is 6.58 Å². The lowest BCUT2D eigenvalue weighted by Crippen LogP contribution is -2.60. The van der Waals surface area contributed by atoms with E-state index in [-0.39, 0.29) is 31.4 Å². The van der Waals surface area contributed by atoms with E-state index in [0.29, 0.717) is 19.4 Å². The molecule has 4 unspecified atom stereocenters. The maximum atomic E-state index is 12.3. The zero-order valence-corrected chi connectivity index (χ0v) is 18.8. The molecular weight excluding hydrogens is 440 g/mol. The number of esters is 3. The summed E-state index contributed by atoms with van der Waals surface area (Å²) in [6.07, 6.45) is -1.32. The number of fused-ring (bicyclic) bond motifs is 3. The maximum Gasteiger partial charge on any atom is 0.333 e. The minimum absolute atomic E-state index is 0.0394. The van der Waals surface area contributed by atoms with Crippen LogP contribution < -0.4 is 0 Å². The highest BCUT2D eigenvalue weighted by Gasteiger charge is 2.70. The first-order chi connectivity index (χ1) is 15.6. The second-order valence-electron chi connectivity index (χ2n) is 9.41. The molecule has 0 bridgehead atoms. The first kappa shape index (κ1) is 22.7. The summed E-state index contributed by atoms with van der Waals surface area (Å²) >= 11 is 0. The van der Waals surface area contributed by atoms with Crippen LogP contribution in [0.3, 0.4) is 0 Å². The Hall–Kier alpha value is -2.05. The van der Waals surface area contributed by atoms with Crippen molar-refractivity contribution in [3.05, 3.63) is 12.2 Å². The predicted molar refractivity (Wildman–Crippen MR) is 105 cm³/mol. The minimum Gasteiger partial charge on any atom is -0.465 e. The Morgan fingerprint density at radius 1 is 1.03 bits per heavy atom. The zero-order chi connectivity index (χ0) is 23.6. The summed E-state index contributed by atoms with van der Waals surface area (Å²) in [7, 11) is 0. The van der Waals surface area contributed by atoms with Crippen LogP contribution in [0.5, 0.6) is 0 Å². The first-order valence-electron chi connectivity index (χ1n) is 11.1. The van der Waals surface area contributed by atoms with Crippen LogP contribution in [0.4, 0.5) is 0 Å². The van der Waals surface area contributed by atoms with Gasteiger partial charge in [0.2, 0.25) is 5.79 Å². The standard InChI is InChI=1S/C22H28O11/c1-11(2)17(23)28-10-22-16(32-21(4,33-22)13-6-8-27-19(13)25)15-14(9-29-22)30-20(3,31-15)12-5-7-26-18(12)24/h12-16H,1,5-10H2,2-4H3/t12?,13?,14-,15-,16+,20?,21?,22-/m1/s1. The molecule has 0 aromatic heterocycles. The SMILES string of the molecule is C=C(C)C(=O)OC[C@]12OC[C@H]3OC(C)(C4CCOC4=O)O[C@H]3[C@@H]1OC(C)(C1CCOC1=O)O2. The molecule has 5 heterocycles. The summed E-state index contributed by atoms with van der Waals surface area (Å²) in [6.45, 7) is 8.72. The maximum absolute atomic E-state index is 12.3. The van der Waals surface area contributed by atoms with Gasteiger partial charge in [-0.1, -0.05) is 6.58 Å². The van der Waals surface area contributed by atoms with Gasteiger partial charge in [0.15, 0.2) is 11.6 Å². The van der Waals surface area contributed by atoms with Crippen molar-refractivity contribution in [1.29, 1.82) is 0 Å². The first-order valence-corrected chi connectivity index (χ1v) is 11.1. The van der Waals surface area contributed by atoms with Crippen molar-refractivity contribution >= 4 is 17.9 Å². The lowest BCUT2D eigenvalue weighted by Gasteiger charge is -2.40. The molecular formula is C22H28O11. The van der Waals surface area contributed by atoms with E-state index < -0.39 is 59.4 Å². The summed E-state index contributed by atoms with van der Waals surface area (Å²) < 4.78 is 46.7. The van der Waals surface area contributed by atoms with Crippen LogP contribution in [-0.4, -0.2) is 80.0 Å². The van der Waals surface area contributed by atoms with Gasteiger partial charge in [0.25, 0.3) is 0 Å². The lowest BCUT2D eigenvalue weighted by atomic mass is 9.97. The zero-order valence-electron chi connectivity index (χ0n) is 18.8. The van der Waals surface area contributed by atoms with E-state index in [1.54, 1.807) is 13.8 Å². The summed E-state index contributed by atoms with van der Waals surface area (Å²) in [5.41, 5.74) is 0.213. The molecule has 0 saturated carbocycles. The van der Waals surface area contributed by atoms with Crippen molar-refractivity contribution in [2.24, 2.45) is 11.8 Å². The van der Waals surface area contributed by atoms with Gasteiger partial charge in [-0.3, -0.25) is 9.59 Å². The molecule has 0 amide bonds. The molecule has 11 heteroatoms. The minimum atomic E-state index is -1.55. The Balaban J connectivity index is 1.44. The van der Waals surface area contributed by atoms with E-state index in [9.17, 15) is 14.4 Å². The molecule has 0 aromatic carbocycles. The highest BCUT2D eigenvalue weighted by atomic mass is 16.9. The Labute approximate surface area is 190 Å². The second-order valence-corrected chi connectivity index (χ2v) is 9.41. The molecule has 33 heavy (non-hydrogen) atoms. The predicted octanol–water partition coefficient (Wildman–Crippen LogP) is 0.590. The molecule has 11 nitrogen and oxygen atoms in total. The van der Waals surface area contributed by atoms with Gasteiger partial charge in [-0.05, 0) is 20.8 Å². The van der Waals surface area contributed by atoms with Crippen LogP contribution in [0, 0.1) is 11.8 Å². The number of carbonyl (C=O) groups excluding carboxylic acids is 3. The normalized spacial score (nSPS) is 46.5. The third-order valence-electron chi connectivity index (χ3n) is 6.97. The second kappa shape index (κ2) is 7.74. The average molecular weight is 468 g/mol. The van der Waals surface area contributed by atoms with Crippen molar-refractivity contribution in [1.82, 2.24) is 0 Å². The third kappa shape index (κ3) is 3.57. The summed E-state index contributed by atoms with van der Waals surface area (Å²) in [5.74, 6) is -6.94. The fourth-order valence-electron chi connectivity index (χ4n) is 5.25. The molecule has 5 rings (SSSR count). The molecule has 5 saturated heterocycles. The molecule has 5 aliphatic heterocycles. The molecule has 5 aliphatic rings. The van der Waals surface area contributed by atoms with Crippen molar-refractivity contribution in [2.45, 2.75) is 69.3 Å². The molecule has 0 aromatic rings. The number of hydrogen-bond acceptors (Lipinski definition) is 11. The lowest BCUT2D eigenvalue weighted by molar-refractivity contribution is -0.303. The Morgan fingerprint density at radius 2 is 1.67 bits per heavy atom. The highest BCUT2D eigenvalue weighted by Crippen LogP contribution is 2.52. The molecule has 0 spiro atoms. The molecule has 0 aliphatic carbocycles. The third-order valence-corrected chi connectivity index (χ3v) is 6.97. The molecule has 0 radical (unpaired) electrons. The van der Waals surface area contributed by atoms with E-state index in [1.165, 1.54) is 6.92 Å². The van der Waals surface area contributed by atoms with Gasteiger partial charge in [-0.25, -0.2) is 4.79 Å². The van der Waals surface area contributed by atoms with E-state index >= 15 is 0 Å². The van der Waals surface area contributed by atoms with Gasteiger partial charge in [0.05, 0.1) is 19.8 Å². The van der Waals surface area contributed by atoms with Crippen molar-refractivity contribution < 1.29 is 52.3 Å². The van der Waals surface area contributed by atoms with Crippen LogP contribution in [-0.2, 0) is 52.3 Å². The fourth-order valence-corrected chi connectivity index (χ4v) is 5.25. The number of carbonyl (C=O) groups is 3. The Bertz CT molecular complexity index is 888. The number of hydrogen-bond donors (Lipinski definition) is 0. The van der Waals surface area contributed by atoms with Gasteiger partial charge in [0.1, 0.15) is 36.8 Å². The monoisotopic (exact) mass is 468 g/mol. The quantitative estimate of drug-likeness (QED) is 0.320. The van der Waals surface area contributed by atoms with Crippen LogP contribution in [0.2, 0.25) is 0 Å². The van der Waals surface area contributed by atoms with Gasteiger partial charge in [-0.15, -0.1) is 0 Å². The number of cyclic esters (lactones) is 2. The van der Waals surface area contributed by atoms with Crippen LogP contribution in [0.15, 0.2) is 12.2 Å². The van der Waals surface area contributed by atoms with Crippen LogP contribution >= 0.6 is 0 Å². The molecule has 182 valence electrons. The Morgan fingerprint density at radius 3 is 2.24 bits per heavy atom. The van der Waals surface area contributed by atoms with Crippen LogP contribution in [0.25, 0.3) is 0 Å². The smallest absolute Gasteiger partial charge is 0.333 e. The topological polar surface area (TPSA) is 125 Å². The molecule has 0 N–H and O–H groups in total. The van der Waals surface area contributed by atoms with Crippen molar-refractivity contribution in [2.75, 3.05) is 26.4 Å². The molecule has 5 fully saturated rings. The van der Waals surface area contributed by atoms with Gasteiger partial charge in [-0.2, -0.15) is 0 Å². The highest BCUT2D eigenvalue weighted by molar-refractivity contribution is 5.87.